The van der Waals surface area contributed by atoms with Crippen LogP contribution in [0.2, 0.25) is 5.02 Å². The molecular formula is C15H15ClN2O3. The van der Waals surface area contributed by atoms with Crippen molar-refractivity contribution in [2.45, 2.75) is 33.1 Å². The average molecular weight is 307 g/mol. The van der Waals surface area contributed by atoms with Gasteiger partial charge >= 0.3 is 0 Å². The first-order valence-electron chi connectivity index (χ1n) is 6.61. The minimum absolute atomic E-state index is 0.0304. The molecule has 0 heterocycles. The van der Waals surface area contributed by atoms with Gasteiger partial charge in [-0.1, -0.05) is 25.4 Å². The van der Waals surface area contributed by atoms with Crippen LogP contribution in [0.15, 0.2) is 18.2 Å². The van der Waals surface area contributed by atoms with Crippen LogP contribution in [-0.4, -0.2) is 10.7 Å². The van der Waals surface area contributed by atoms with Gasteiger partial charge in [0.2, 0.25) is 0 Å². The van der Waals surface area contributed by atoms with Crippen molar-refractivity contribution in [3.63, 3.8) is 0 Å². The first-order valence-corrected chi connectivity index (χ1v) is 6.99. The lowest BCUT2D eigenvalue weighted by Crippen LogP contribution is -2.33. The highest BCUT2D eigenvalue weighted by Crippen LogP contribution is 2.48. The van der Waals surface area contributed by atoms with E-state index in [0.717, 1.165) is 0 Å². The molecule has 0 bridgehead atoms. The van der Waals surface area contributed by atoms with Crippen LogP contribution < -0.4 is 0 Å². The smallest absolute Gasteiger partial charge is 0.272 e. The third kappa shape index (κ3) is 2.64. The number of carbonyl (C=O) groups excluding carboxylic acids is 1. The maximum absolute atomic E-state index is 12.5. The number of nitrogens with zero attached hydrogens (tertiary/aromatic N) is 2. The van der Waals surface area contributed by atoms with Crippen molar-refractivity contribution in [2.24, 2.45) is 10.8 Å². The fourth-order valence-electron chi connectivity index (χ4n) is 2.91. The molecule has 6 heteroatoms. The molecule has 1 fully saturated rings. The number of hydrogen-bond donors (Lipinski definition) is 0. The molecule has 0 saturated heterocycles. The molecule has 1 aliphatic rings. The number of carbonyl (C=O) groups is 1. The molecular weight excluding hydrogens is 292 g/mol. The van der Waals surface area contributed by atoms with Crippen molar-refractivity contribution in [3.05, 3.63) is 38.9 Å². The van der Waals surface area contributed by atoms with Gasteiger partial charge in [-0.3, -0.25) is 14.9 Å². The van der Waals surface area contributed by atoms with Gasteiger partial charge in [0.15, 0.2) is 5.78 Å². The molecule has 1 aromatic carbocycles. The second kappa shape index (κ2) is 5.12. The number of nitro groups is 1. The number of hydrogen-bond acceptors (Lipinski definition) is 4. The average Bonchev–Trinajstić information content (AvgIpc) is 2.63. The molecule has 1 saturated carbocycles. The number of rotatable bonds is 3. The Balaban J connectivity index is 2.46. The van der Waals surface area contributed by atoms with Gasteiger partial charge in [0.1, 0.15) is 5.41 Å². The number of Topliss-reactive ketones (excluding diaryl/α,β-unsaturated/α-hetero) is 1. The molecule has 0 aromatic heterocycles. The van der Waals surface area contributed by atoms with Crippen molar-refractivity contribution in [2.75, 3.05) is 0 Å². The SMILES string of the molecule is CC1(C)CCC(C#N)(Cc2cc(Cl)ccc2[N+](=O)[O-])C1=O. The van der Waals surface area contributed by atoms with Gasteiger partial charge in [-0.25, -0.2) is 0 Å². The summed E-state index contributed by atoms with van der Waals surface area (Å²) in [6.07, 6.45) is 1.05. The van der Waals surface area contributed by atoms with Crippen LogP contribution in [0.5, 0.6) is 0 Å². The third-order valence-corrected chi connectivity index (χ3v) is 4.41. The Morgan fingerprint density at radius 1 is 1.43 bits per heavy atom. The largest absolute Gasteiger partial charge is 0.297 e. The van der Waals surface area contributed by atoms with E-state index < -0.39 is 15.8 Å². The van der Waals surface area contributed by atoms with E-state index in [9.17, 15) is 20.2 Å². The van der Waals surface area contributed by atoms with E-state index >= 15 is 0 Å². The van der Waals surface area contributed by atoms with Crippen LogP contribution in [0.3, 0.4) is 0 Å². The molecule has 1 atom stereocenters. The molecule has 0 spiro atoms. The highest BCUT2D eigenvalue weighted by atomic mass is 35.5. The van der Waals surface area contributed by atoms with E-state index in [1.165, 1.54) is 18.2 Å². The topological polar surface area (TPSA) is 84.0 Å². The fraction of sp³-hybridized carbons (Fsp3) is 0.467. The highest BCUT2D eigenvalue weighted by molar-refractivity contribution is 6.30. The second-order valence-corrected chi connectivity index (χ2v) is 6.55. The van der Waals surface area contributed by atoms with Gasteiger partial charge < -0.3 is 0 Å². The Morgan fingerprint density at radius 2 is 2.10 bits per heavy atom. The minimum atomic E-state index is -1.20. The van der Waals surface area contributed by atoms with E-state index in [1.807, 2.05) is 0 Å². The molecule has 110 valence electrons. The van der Waals surface area contributed by atoms with Gasteiger partial charge in [-0.2, -0.15) is 5.26 Å². The van der Waals surface area contributed by atoms with Gasteiger partial charge in [-0.15, -0.1) is 0 Å². The van der Waals surface area contributed by atoms with Crippen LogP contribution in [-0.2, 0) is 11.2 Å². The molecule has 1 aliphatic carbocycles. The Kier molecular flexibility index (Phi) is 3.77. The summed E-state index contributed by atoms with van der Waals surface area (Å²) in [5.41, 5.74) is -1.53. The predicted molar refractivity (Wildman–Crippen MR) is 77.9 cm³/mol. The molecule has 1 unspecified atom stereocenters. The lowest BCUT2D eigenvalue weighted by molar-refractivity contribution is -0.385. The molecule has 0 aliphatic heterocycles. The zero-order valence-corrected chi connectivity index (χ0v) is 12.6. The Bertz CT molecular complexity index is 663. The molecule has 0 N–H and O–H groups in total. The Morgan fingerprint density at radius 3 is 2.57 bits per heavy atom. The van der Waals surface area contributed by atoms with E-state index in [1.54, 1.807) is 13.8 Å². The standard InChI is InChI=1S/C15H15ClN2O3/c1-14(2)5-6-15(9-17,13(14)19)8-10-7-11(16)3-4-12(10)18(20)21/h3-4,7H,5-6,8H2,1-2H3. The minimum Gasteiger partial charge on any atom is -0.297 e. The van der Waals surface area contributed by atoms with Gasteiger partial charge in [-0.05, 0) is 25.0 Å². The van der Waals surface area contributed by atoms with Crippen LogP contribution >= 0.6 is 11.6 Å². The number of nitriles is 1. The quantitative estimate of drug-likeness (QED) is 0.629. The number of halogens is 1. The number of benzene rings is 1. The summed E-state index contributed by atoms with van der Waals surface area (Å²) in [7, 11) is 0. The van der Waals surface area contributed by atoms with E-state index in [2.05, 4.69) is 6.07 Å². The lowest BCUT2D eigenvalue weighted by atomic mass is 9.76. The van der Waals surface area contributed by atoms with Crippen LogP contribution in [0.4, 0.5) is 5.69 Å². The van der Waals surface area contributed by atoms with Crippen LogP contribution in [0, 0.1) is 32.3 Å². The molecule has 21 heavy (non-hydrogen) atoms. The zero-order chi connectivity index (χ0) is 15.8. The van der Waals surface area contributed by atoms with Crippen LogP contribution in [0.25, 0.3) is 0 Å². The predicted octanol–water partition coefficient (Wildman–Crippen LogP) is 3.69. The van der Waals surface area contributed by atoms with Gasteiger partial charge in [0, 0.05) is 28.5 Å². The van der Waals surface area contributed by atoms with Crippen molar-refractivity contribution >= 4 is 23.1 Å². The molecule has 0 radical (unpaired) electrons. The lowest BCUT2D eigenvalue weighted by Gasteiger charge is -2.22. The summed E-state index contributed by atoms with van der Waals surface area (Å²) in [5.74, 6) is -0.147. The number of ketones is 1. The van der Waals surface area contributed by atoms with Crippen molar-refractivity contribution in [3.8, 4) is 6.07 Å². The third-order valence-electron chi connectivity index (χ3n) is 4.17. The monoisotopic (exact) mass is 306 g/mol. The van der Waals surface area contributed by atoms with Gasteiger partial charge in [0.05, 0.1) is 11.0 Å². The van der Waals surface area contributed by atoms with E-state index in [4.69, 9.17) is 11.6 Å². The first kappa shape index (κ1) is 15.5. The molecule has 0 amide bonds. The maximum Gasteiger partial charge on any atom is 0.272 e. The Hall–Kier alpha value is -1.93. The van der Waals surface area contributed by atoms with Crippen molar-refractivity contribution in [1.82, 2.24) is 0 Å². The molecule has 2 rings (SSSR count). The van der Waals surface area contributed by atoms with E-state index in [0.29, 0.717) is 23.4 Å². The summed E-state index contributed by atoms with van der Waals surface area (Å²) in [5, 5.41) is 21.0. The van der Waals surface area contributed by atoms with Crippen LogP contribution in [0.1, 0.15) is 32.3 Å². The van der Waals surface area contributed by atoms with Crippen molar-refractivity contribution in [1.29, 1.82) is 5.26 Å². The fourth-order valence-corrected chi connectivity index (χ4v) is 3.11. The summed E-state index contributed by atoms with van der Waals surface area (Å²) >= 11 is 5.90. The summed E-state index contributed by atoms with van der Waals surface area (Å²) in [6.45, 7) is 3.61. The highest BCUT2D eigenvalue weighted by Gasteiger charge is 2.52. The summed E-state index contributed by atoms with van der Waals surface area (Å²) in [6, 6.07) is 6.32. The maximum atomic E-state index is 12.5. The first-order chi connectivity index (χ1) is 9.72. The molecule has 5 nitrogen and oxygen atoms in total. The summed E-state index contributed by atoms with van der Waals surface area (Å²) in [4.78, 5) is 23.1. The van der Waals surface area contributed by atoms with Crippen molar-refractivity contribution < 1.29 is 9.72 Å². The van der Waals surface area contributed by atoms with E-state index in [-0.39, 0.29) is 17.9 Å². The second-order valence-electron chi connectivity index (χ2n) is 6.11. The zero-order valence-electron chi connectivity index (χ0n) is 11.9. The normalized spacial score (nSPS) is 23.8. The molecule has 1 aromatic rings. The van der Waals surface area contributed by atoms with Gasteiger partial charge in [0.25, 0.3) is 5.69 Å². The number of nitro benzene ring substituents is 1. The summed E-state index contributed by atoms with van der Waals surface area (Å²) < 4.78 is 0. The Labute approximate surface area is 127 Å².